The number of nitrogens with zero attached hydrogens (tertiary/aromatic N) is 1. The molecule has 0 spiro atoms. The molecular weight excluding hydrogens is 254 g/mol. The van der Waals surface area contributed by atoms with Crippen molar-refractivity contribution in [2.75, 3.05) is 7.11 Å². The highest BCUT2D eigenvalue weighted by molar-refractivity contribution is 5.76. The predicted octanol–water partition coefficient (Wildman–Crippen LogP) is 2.81. The van der Waals surface area contributed by atoms with E-state index in [2.05, 4.69) is 4.98 Å². The summed E-state index contributed by atoms with van der Waals surface area (Å²) in [5.74, 6) is -1.13. The first-order valence-electron chi connectivity index (χ1n) is 6.39. The van der Waals surface area contributed by atoms with Crippen molar-refractivity contribution in [2.45, 2.75) is 19.3 Å². The van der Waals surface area contributed by atoms with Crippen LogP contribution < -0.4 is 4.74 Å². The van der Waals surface area contributed by atoms with Gasteiger partial charge in [0.25, 0.3) is 0 Å². The number of ether oxygens (including phenoxy) is 1. The van der Waals surface area contributed by atoms with E-state index in [4.69, 9.17) is 4.74 Å². The number of carboxylic acid groups (broad SMARTS) is 1. The van der Waals surface area contributed by atoms with Crippen LogP contribution in [0.15, 0.2) is 42.5 Å². The molecule has 1 heterocycles. The van der Waals surface area contributed by atoms with E-state index < -0.39 is 11.9 Å². The van der Waals surface area contributed by atoms with Crippen LogP contribution >= 0.6 is 0 Å². The molecule has 0 saturated heterocycles. The summed E-state index contributed by atoms with van der Waals surface area (Å²) in [6, 6.07) is 13.0. The van der Waals surface area contributed by atoms with Crippen LogP contribution in [-0.4, -0.2) is 23.2 Å². The van der Waals surface area contributed by atoms with Gasteiger partial charge in [-0.1, -0.05) is 35.9 Å². The smallest absolute Gasteiger partial charge is 0.312 e. The number of benzene rings is 1. The van der Waals surface area contributed by atoms with Gasteiger partial charge in [-0.3, -0.25) is 4.79 Å². The number of rotatable bonds is 5. The van der Waals surface area contributed by atoms with Gasteiger partial charge in [0.2, 0.25) is 5.88 Å². The molecule has 20 heavy (non-hydrogen) atoms. The molecular formula is C16H17NO3. The summed E-state index contributed by atoms with van der Waals surface area (Å²) < 4.78 is 5.05. The summed E-state index contributed by atoms with van der Waals surface area (Å²) in [6.07, 6.45) is 0.414. The fourth-order valence-corrected chi connectivity index (χ4v) is 2.13. The molecule has 0 aliphatic carbocycles. The first kappa shape index (κ1) is 14.1. The lowest BCUT2D eigenvalue weighted by molar-refractivity contribution is -0.138. The summed E-state index contributed by atoms with van der Waals surface area (Å²) >= 11 is 0. The second kappa shape index (κ2) is 6.19. The predicted molar refractivity (Wildman–Crippen MR) is 76.0 cm³/mol. The standard InChI is InChI=1S/C16H17NO3/c1-11-5-3-6-12(9-11)10-13(16(18)19)14-7-4-8-15(17-14)20-2/h3-9,13H,10H2,1-2H3,(H,18,19). The molecule has 0 bridgehead atoms. The third-order valence-electron chi connectivity index (χ3n) is 3.13. The highest BCUT2D eigenvalue weighted by Gasteiger charge is 2.22. The maximum atomic E-state index is 11.5. The van der Waals surface area contributed by atoms with Gasteiger partial charge in [-0.15, -0.1) is 0 Å². The molecule has 0 aliphatic heterocycles. The Hall–Kier alpha value is -2.36. The number of aromatic nitrogens is 1. The van der Waals surface area contributed by atoms with Crippen molar-refractivity contribution < 1.29 is 14.6 Å². The van der Waals surface area contributed by atoms with Gasteiger partial charge in [0.05, 0.1) is 12.8 Å². The third-order valence-corrected chi connectivity index (χ3v) is 3.13. The molecule has 1 aromatic carbocycles. The van der Waals surface area contributed by atoms with Gasteiger partial charge in [-0.25, -0.2) is 4.98 Å². The number of aliphatic carboxylic acids is 1. The molecule has 1 unspecified atom stereocenters. The van der Waals surface area contributed by atoms with Crippen LogP contribution in [-0.2, 0) is 11.2 Å². The molecule has 0 amide bonds. The van der Waals surface area contributed by atoms with Crippen molar-refractivity contribution in [1.29, 1.82) is 0 Å². The molecule has 1 aromatic heterocycles. The molecule has 0 radical (unpaired) electrons. The summed E-state index contributed by atoms with van der Waals surface area (Å²) in [4.78, 5) is 15.7. The Morgan fingerprint density at radius 2 is 2.05 bits per heavy atom. The zero-order valence-electron chi connectivity index (χ0n) is 11.5. The van der Waals surface area contributed by atoms with Crippen LogP contribution in [0.3, 0.4) is 0 Å². The molecule has 1 N–H and O–H groups in total. The highest BCUT2D eigenvalue weighted by atomic mass is 16.5. The molecule has 1 atom stereocenters. The average Bonchev–Trinajstić information content (AvgIpc) is 2.44. The van der Waals surface area contributed by atoms with E-state index in [0.29, 0.717) is 18.0 Å². The number of methoxy groups -OCH3 is 1. The maximum Gasteiger partial charge on any atom is 0.312 e. The van der Waals surface area contributed by atoms with E-state index in [-0.39, 0.29) is 0 Å². The van der Waals surface area contributed by atoms with Crippen LogP contribution in [0.1, 0.15) is 22.7 Å². The summed E-state index contributed by atoms with van der Waals surface area (Å²) in [6.45, 7) is 1.99. The zero-order chi connectivity index (χ0) is 14.5. The largest absolute Gasteiger partial charge is 0.481 e. The van der Waals surface area contributed by atoms with Crippen molar-refractivity contribution in [2.24, 2.45) is 0 Å². The minimum absolute atomic E-state index is 0.414. The lowest BCUT2D eigenvalue weighted by Crippen LogP contribution is -2.16. The van der Waals surface area contributed by atoms with Crippen LogP contribution in [0.4, 0.5) is 0 Å². The van der Waals surface area contributed by atoms with Gasteiger partial charge >= 0.3 is 5.97 Å². The highest BCUT2D eigenvalue weighted by Crippen LogP contribution is 2.22. The van der Waals surface area contributed by atoms with Gasteiger partial charge in [0, 0.05) is 6.07 Å². The second-order valence-electron chi connectivity index (χ2n) is 4.69. The van der Waals surface area contributed by atoms with Crippen molar-refractivity contribution in [3.63, 3.8) is 0 Å². The first-order valence-corrected chi connectivity index (χ1v) is 6.39. The molecule has 4 nitrogen and oxygen atoms in total. The molecule has 0 aliphatic rings. The lowest BCUT2D eigenvalue weighted by Gasteiger charge is -2.13. The van der Waals surface area contributed by atoms with E-state index in [1.807, 2.05) is 31.2 Å². The minimum Gasteiger partial charge on any atom is -0.481 e. The zero-order valence-corrected chi connectivity index (χ0v) is 11.5. The number of aryl methyl sites for hydroxylation is 1. The second-order valence-corrected chi connectivity index (χ2v) is 4.69. The van der Waals surface area contributed by atoms with E-state index in [0.717, 1.165) is 11.1 Å². The number of carboxylic acids is 1. The van der Waals surface area contributed by atoms with Gasteiger partial charge in [-0.05, 0) is 25.0 Å². The summed E-state index contributed by atoms with van der Waals surface area (Å²) in [7, 11) is 1.52. The molecule has 0 fully saturated rings. The number of pyridine rings is 1. The van der Waals surface area contributed by atoms with E-state index in [1.165, 1.54) is 7.11 Å². The fourth-order valence-electron chi connectivity index (χ4n) is 2.13. The molecule has 2 aromatic rings. The number of hydrogen-bond donors (Lipinski definition) is 1. The van der Waals surface area contributed by atoms with Gasteiger partial charge < -0.3 is 9.84 Å². The van der Waals surface area contributed by atoms with E-state index in [1.54, 1.807) is 18.2 Å². The molecule has 104 valence electrons. The quantitative estimate of drug-likeness (QED) is 0.908. The Balaban J connectivity index is 2.29. The topological polar surface area (TPSA) is 59.4 Å². The van der Waals surface area contributed by atoms with Crippen molar-refractivity contribution >= 4 is 5.97 Å². The van der Waals surface area contributed by atoms with Gasteiger partial charge in [0.1, 0.15) is 5.92 Å². The Kier molecular flexibility index (Phi) is 4.35. The number of hydrogen-bond acceptors (Lipinski definition) is 3. The first-order chi connectivity index (χ1) is 9.60. The van der Waals surface area contributed by atoms with Crippen LogP contribution in [0.2, 0.25) is 0 Å². The normalized spacial score (nSPS) is 11.9. The van der Waals surface area contributed by atoms with Crippen molar-refractivity contribution in [3.8, 4) is 5.88 Å². The van der Waals surface area contributed by atoms with E-state index in [9.17, 15) is 9.90 Å². The van der Waals surface area contributed by atoms with Crippen LogP contribution in [0.25, 0.3) is 0 Å². The van der Waals surface area contributed by atoms with Gasteiger partial charge in [-0.2, -0.15) is 0 Å². The monoisotopic (exact) mass is 271 g/mol. The Bertz CT molecular complexity index is 610. The Morgan fingerprint density at radius 1 is 1.30 bits per heavy atom. The third kappa shape index (κ3) is 3.35. The molecule has 0 saturated carbocycles. The minimum atomic E-state index is -0.882. The fraction of sp³-hybridized carbons (Fsp3) is 0.250. The lowest BCUT2D eigenvalue weighted by atomic mass is 9.95. The van der Waals surface area contributed by atoms with Crippen molar-refractivity contribution in [3.05, 3.63) is 59.3 Å². The SMILES string of the molecule is COc1cccc(C(Cc2cccc(C)c2)C(=O)O)n1. The Labute approximate surface area is 118 Å². The van der Waals surface area contributed by atoms with Crippen molar-refractivity contribution in [1.82, 2.24) is 4.98 Å². The summed E-state index contributed by atoms with van der Waals surface area (Å²) in [5, 5.41) is 9.44. The maximum absolute atomic E-state index is 11.5. The van der Waals surface area contributed by atoms with Crippen LogP contribution in [0.5, 0.6) is 5.88 Å². The average molecular weight is 271 g/mol. The van der Waals surface area contributed by atoms with E-state index >= 15 is 0 Å². The molecule has 2 rings (SSSR count). The Morgan fingerprint density at radius 3 is 2.70 bits per heavy atom. The van der Waals surface area contributed by atoms with Crippen LogP contribution in [0, 0.1) is 6.92 Å². The number of carbonyl (C=O) groups is 1. The van der Waals surface area contributed by atoms with Gasteiger partial charge in [0.15, 0.2) is 0 Å². The summed E-state index contributed by atoms with van der Waals surface area (Å²) in [5.41, 5.74) is 2.62. The molecule has 4 heteroatoms.